The molecule has 6 rings (SSSR count). The quantitative estimate of drug-likeness (QED) is 0.434. The van der Waals surface area contributed by atoms with E-state index < -0.39 is 24.3 Å². The van der Waals surface area contributed by atoms with Crippen molar-refractivity contribution in [3.8, 4) is 39.9 Å². The smallest absolute Gasteiger partial charge is 0.339 e. The molecule has 2 unspecified atom stereocenters. The fourth-order valence-electron chi connectivity index (χ4n) is 5.07. The number of benzene rings is 3. The summed E-state index contributed by atoms with van der Waals surface area (Å²) in [5.41, 5.74) is 2.42. The van der Waals surface area contributed by atoms with E-state index in [0.717, 1.165) is 5.56 Å². The number of cyclic esters (lactones) is 1. The Morgan fingerprint density at radius 2 is 1.66 bits per heavy atom. The van der Waals surface area contributed by atoms with Crippen LogP contribution in [0.3, 0.4) is 0 Å². The van der Waals surface area contributed by atoms with Gasteiger partial charge in [0, 0.05) is 16.5 Å². The summed E-state index contributed by atoms with van der Waals surface area (Å²) in [4.78, 5) is 13.2. The van der Waals surface area contributed by atoms with Crippen molar-refractivity contribution >= 4 is 16.7 Å². The first-order valence-electron chi connectivity index (χ1n) is 12.2. The zero-order chi connectivity index (χ0) is 26.6. The molecule has 10 heteroatoms. The lowest BCUT2D eigenvalue weighted by Crippen LogP contribution is -2.30. The highest BCUT2D eigenvalue weighted by molar-refractivity contribution is 6.14. The van der Waals surface area contributed by atoms with Gasteiger partial charge in [0.2, 0.25) is 13.1 Å². The predicted molar refractivity (Wildman–Crippen MR) is 134 cm³/mol. The van der Waals surface area contributed by atoms with Gasteiger partial charge in [0.15, 0.2) is 35.1 Å². The Labute approximate surface area is 219 Å². The van der Waals surface area contributed by atoms with Gasteiger partial charge in [-0.2, -0.15) is 0 Å². The van der Waals surface area contributed by atoms with Crippen LogP contribution < -0.4 is 23.7 Å². The average Bonchev–Trinajstić information content (AvgIpc) is 3.49. The maximum Gasteiger partial charge on any atom is 0.339 e. The van der Waals surface area contributed by atoms with Gasteiger partial charge in [-0.3, -0.25) is 0 Å². The number of hydrogen-bond donors (Lipinski definition) is 0. The number of esters is 1. The van der Waals surface area contributed by atoms with Gasteiger partial charge in [0.1, 0.15) is 19.0 Å². The van der Waals surface area contributed by atoms with Crippen molar-refractivity contribution in [1.82, 2.24) is 0 Å². The van der Waals surface area contributed by atoms with Gasteiger partial charge in [0.25, 0.3) is 0 Å². The summed E-state index contributed by atoms with van der Waals surface area (Å²) >= 11 is 0. The highest BCUT2D eigenvalue weighted by Crippen LogP contribution is 2.49. The molecule has 1 fully saturated rings. The number of methoxy groups -OCH3 is 2. The van der Waals surface area contributed by atoms with E-state index in [4.69, 9.17) is 42.6 Å². The Bertz CT molecular complexity index is 1430. The molecule has 0 saturated carbocycles. The maximum absolute atomic E-state index is 13.2. The number of carbonyl (C=O) groups is 1. The first kappa shape index (κ1) is 24.6. The van der Waals surface area contributed by atoms with E-state index in [0.29, 0.717) is 56.2 Å². The third-order valence-corrected chi connectivity index (χ3v) is 6.69. The Morgan fingerprint density at radius 3 is 2.42 bits per heavy atom. The van der Waals surface area contributed by atoms with Crippen molar-refractivity contribution < 1.29 is 47.4 Å². The standard InChI is InChI=1S/C28H28O10/c1-14-36-23(12-35-28(2,3)38-14)37-26-17-10-21(31-5)20(30-4)9-16(17)24(25-18(26)11-32-27(25)29)15-6-7-19-22(8-15)34-13-33-19/h6-10,14,23H,11-13H2,1-5H3. The molecule has 0 radical (unpaired) electrons. The van der Waals surface area contributed by atoms with Crippen LogP contribution in [0.5, 0.6) is 28.7 Å². The predicted octanol–water partition coefficient (Wildman–Crippen LogP) is 4.77. The molecule has 200 valence electrons. The number of ether oxygens (including phenoxy) is 9. The molecule has 3 aromatic carbocycles. The normalized spacial score (nSPS) is 21.6. The molecule has 0 amide bonds. The zero-order valence-corrected chi connectivity index (χ0v) is 21.7. The summed E-state index contributed by atoms with van der Waals surface area (Å²) in [5, 5.41) is 1.39. The molecule has 2 atom stereocenters. The highest BCUT2D eigenvalue weighted by atomic mass is 16.8. The lowest BCUT2D eigenvalue weighted by atomic mass is 9.89. The third kappa shape index (κ3) is 4.14. The summed E-state index contributed by atoms with van der Waals surface area (Å²) in [5.74, 6) is 1.37. The van der Waals surface area contributed by atoms with Crippen LogP contribution in [0.15, 0.2) is 30.3 Å². The Morgan fingerprint density at radius 1 is 0.921 bits per heavy atom. The molecular weight excluding hydrogens is 496 g/mol. The maximum atomic E-state index is 13.2. The topological polar surface area (TPSA) is 100 Å². The third-order valence-electron chi connectivity index (χ3n) is 6.69. The number of fused-ring (bicyclic) bond motifs is 3. The van der Waals surface area contributed by atoms with E-state index in [1.165, 1.54) is 0 Å². The van der Waals surface area contributed by atoms with Crippen LogP contribution in [-0.2, 0) is 25.6 Å². The van der Waals surface area contributed by atoms with Gasteiger partial charge in [-0.15, -0.1) is 0 Å². The van der Waals surface area contributed by atoms with E-state index in [-0.39, 0.29) is 20.0 Å². The molecular formula is C28H28O10. The molecule has 0 aromatic heterocycles. The lowest BCUT2D eigenvalue weighted by molar-refractivity contribution is -0.258. The minimum absolute atomic E-state index is 0.0382. The summed E-state index contributed by atoms with van der Waals surface area (Å²) in [6.07, 6.45) is -1.39. The van der Waals surface area contributed by atoms with Crippen molar-refractivity contribution in [1.29, 1.82) is 0 Å². The molecule has 1 saturated heterocycles. The van der Waals surface area contributed by atoms with E-state index in [1.54, 1.807) is 21.1 Å². The zero-order valence-electron chi connectivity index (χ0n) is 21.7. The first-order chi connectivity index (χ1) is 18.3. The second-order valence-corrected chi connectivity index (χ2v) is 9.53. The molecule has 38 heavy (non-hydrogen) atoms. The summed E-state index contributed by atoms with van der Waals surface area (Å²) < 4.78 is 51.9. The Kier molecular flexibility index (Phi) is 5.97. The molecule has 3 heterocycles. The van der Waals surface area contributed by atoms with Crippen LogP contribution >= 0.6 is 0 Å². The van der Waals surface area contributed by atoms with Crippen molar-refractivity contribution in [3.63, 3.8) is 0 Å². The number of carbonyl (C=O) groups excluding carboxylic acids is 1. The number of hydrogen-bond acceptors (Lipinski definition) is 10. The second kappa shape index (κ2) is 9.23. The van der Waals surface area contributed by atoms with E-state index in [1.807, 2.05) is 44.2 Å². The summed E-state index contributed by atoms with van der Waals surface area (Å²) in [7, 11) is 3.12. The molecule has 0 spiro atoms. The van der Waals surface area contributed by atoms with E-state index >= 15 is 0 Å². The van der Waals surface area contributed by atoms with Crippen LogP contribution in [0, 0.1) is 0 Å². The largest absolute Gasteiger partial charge is 0.493 e. The van der Waals surface area contributed by atoms with Crippen molar-refractivity contribution in [3.05, 3.63) is 41.5 Å². The molecule has 3 aliphatic heterocycles. The van der Waals surface area contributed by atoms with Crippen LogP contribution in [0.1, 0.15) is 36.7 Å². The van der Waals surface area contributed by atoms with Gasteiger partial charge >= 0.3 is 5.97 Å². The SMILES string of the molecule is COc1cc2c(OC3COC(C)(C)OC(C)O3)c3c(c(-c4ccc5c(c4)OCO5)c2cc1OC)C(=O)OC3. The van der Waals surface area contributed by atoms with Crippen molar-refractivity contribution in [2.75, 3.05) is 27.6 Å². The fourth-order valence-corrected chi connectivity index (χ4v) is 5.07. The highest BCUT2D eigenvalue weighted by Gasteiger charge is 2.36. The molecule has 0 bridgehead atoms. The van der Waals surface area contributed by atoms with Crippen LogP contribution in [-0.4, -0.2) is 52.0 Å². The van der Waals surface area contributed by atoms with Gasteiger partial charge in [-0.1, -0.05) is 6.07 Å². The summed E-state index contributed by atoms with van der Waals surface area (Å²) in [6, 6.07) is 9.20. The van der Waals surface area contributed by atoms with Gasteiger partial charge < -0.3 is 42.6 Å². The molecule has 3 aromatic rings. The monoisotopic (exact) mass is 524 g/mol. The van der Waals surface area contributed by atoms with Crippen molar-refractivity contribution in [2.45, 2.75) is 45.7 Å². The van der Waals surface area contributed by atoms with E-state index in [2.05, 4.69) is 0 Å². The molecule has 0 N–H and O–H groups in total. The van der Waals surface area contributed by atoms with Gasteiger partial charge in [-0.05, 0) is 56.0 Å². The van der Waals surface area contributed by atoms with Gasteiger partial charge in [-0.25, -0.2) is 4.79 Å². The lowest BCUT2D eigenvalue weighted by Gasteiger charge is -2.24. The summed E-state index contributed by atoms with van der Waals surface area (Å²) in [6.45, 7) is 5.69. The van der Waals surface area contributed by atoms with Gasteiger partial charge in [0.05, 0.1) is 19.8 Å². The first-order valence-corrected chi connectivity index (χ1v) is 12.2. The van der Waals surface area contributed by atoms with Crippen LogP contribution in [0.2, 0.25) is 0 Å². The second-order valence-electron chi connectivity index (χ2n) is 9.53. The minimum atomic E-state index is -0.847. The average molecular weight is 525 g/mol. The minimum Gasteiger partial charge on any atom is -0.493 e. The van der Waals surface area contributed by atoms with Crippen LogP contribution in [0.4, 0.5) is 0 Å². The van der Waals surface area contributed by atoms with Crippen molar-refractivity contribution in [2.24, 2.45) is 0 Å². The van der Waals surface area contributed by atoms with Crippen LogP contribution in [0.25, 0.3) is 21.9 Å². The van der Waals surface area contributed by atoms with E-state index in [9.17, 15) is 4.79 Å². The molecule has 0 aliphatic carbocycles. The molecule has 10 nitrogen and oxygen atoms in total. The Balaban J connectivity index is 1.58. The Hall–Kier alpha value is -3.73. The fraction of sp³-hybridized carbons (Fsp3) is 0.393. The molecule has 3 aliphatic rings. The number of rotatable bonds is 5.